The maximum absolute atomic E-state index is 12.2. The van der Waals surface area contributed by atoms with E-state index in [2.05, 4.69) is 21.4 Å². The molecule has 7 nitrogen and oxygen atoms in total. The average Bonchev–Trinajstić information content (AvgIpc) is 3.05. The summed E-state index contributed by atoms with van der Waals surface area (Å²) in [6.07, 6.45) is 4.43. The van der Waals surface area contributed by atoms with Crippen molar-refractivity contribution in [1.82, 2.24) is 20.0 Å². The fourth-order valence-electron chi connectivity index (χ4n) is 3.47. The minimum absolute atomic E-state index is 0.0577. The zero-order chi connectivity index (χ0) is 16.1. The van der Waals surface area contributed by atoms with Crippen molar-refractivity contribution < 1.29 is 14.3 Å². The fourth-order valence-corrected chi connectivity index (χ4v) is 3.47. The van der Waals surface area contributed by atoms with E-state index in [1.165, 1.54) is 5.69 Å². The number of methoxy groups -OCH3 is 1. The van der Waals surface area contributed by atoms with Crippen molar-refractivity contribution >= 4 is 5.91 Å². The van der Waals surface area contributed by atoms with E-state index in [-0.39, 0.29) is 11.9 Å². The Kier molecular flexibility index (Phi) is 5.64. The number of hydrogen-bond donors (Lipinski definition) is 1. The van der Waals surface area contributed by atoms with Crippen LogP contribution < -0.4 is 5.32 Å². The summed E-state index contributed by atoms with van der Waals surface area (Å²) in [5.41, 5.74) is 1.19. The predicted molar refractivity (Wildman–Crippen MR) is 85.0 cm³/mol. The van der Waals surface area contributed by atoms with E-state index in [1.54, 1.807) is 7.11 Å². The van der Waals surface area contributed by atoms with E-state index in [0.29, 0.717) is 25.6 Å². The summed E-state index contributed by atoms with van der Waals surface area (Å²) >= 11 is 0. The molecule has 2 aliphatic heterocycles. The van der Waals surface area contributed by atoms with E-state index in [9.17, 15) is 4.79 Å². The van der Waals surface area contributed by atoms with Gasteiger partial charge in [-0.05, 0) is 18.9 Å². The van der Waals surface area contributed by atoms with E-state index in [1.807, 2.05) is 10.9 Å². The molecule has 0 aromatic carbocycles. The lowest BCUT2D eigenvalue weighted by molar-refractivity contribution is -0.122. The molecule has 3 heterocycles. The number of nitrogens with one attached hydrogen (secondary N) is 1. The Morgan fingerprint density at radius 2 is 2.30 bits per heavy atom. The molecule has 1 aromatic heterocycles. The summed E-state index contributed by atoms with van der Waals surface area (Å²) in [7, 11) is 1.63. The van der Waals surface area contributed by atoms with Crippen molar-refractivity contribution in [2.75, 3.05) is 40.0 Å². The molecule has 1 unspecified atom stereocenters. The lowest BCUT2D eigenvalue weighted by atomic mass is 10.0. The molecule has 2 aliphatic rings. The van der Waals surface area contributed by atoms with Gasteiger partial charge in [0, 0.05) is 52.2 Å². The second-order valence-electron chi connectivity index (χ2n) is 6.24. The van der Waals surface area contributed by atoms with Gasteiger partial charge in [-0.3, -0.25) is 14.4 Å². The number of hydrogen-bond acceptors (Lipinski definition) is 5. The van der Waals surface area contributed by atoms with Gasteiger partial charge in [-0.2, -0.15) is 5.10 Å². The molecule has 0 spiro atoms. The second kappa shape index (κ2) is 7.90. The number of carbonyl (C=O) groups excluding carboxylic acids is 1. The highest BCUT2D eigenvalue weighted by atomic mass is 16.5. The van der Waals surface area contributed by atoms with Gasteiger partial charge in [0.05, 0.1) is 24.8 Å². The molecule has 0 aliphatic carbocycles. The fraction of sp³-hybridized carbons (Fsp3) is 0.750. The summed E-state index contributed by atoms with van der Waals surface area (Å²) in [5, 5.41) is 7.33. The van der Waals surface area contributed by atoms with Crippen molar-refractivity contribution in [2.45, 2.75) is 37.9 Å². The predicted octanol–water partition coefficient (Wildman–Crippen LogP) is 0.572. The molecular formula is C16H26N4O3. The first-order chi connectivity index (χ1) is 11.3. The van der Waals surface area contributed by atoms with Crippen LogP contribution in [0.2, 0.25) is 0 Å². The molecule has 0 radical (unpaired) electrons. The quantitative estimate of drug-likeness (QED) is 0.776. The van der Waals surface area contributed by atoms with E-state index >= 15 is 0 Å². The van der Waals surface area contributed by atoms with Gasteiger partial charge in [0.2, 0.25) is 5.91 Å². The van der Waals surface area contributed by atoms with Gasteiger partial charge in [-0.25, -0.2) is 0 Å². The number of aromatic nitrogens is 2. The van der Waals surface area contributed by atoms with Gasteiger partial charge in [-0.1, -0.05) is 0 Å². The summed E-state index contributed by atoms with van der Waals surface area (Å²) in [4.78, 5) is 14.6. The molecule has 1 atom stereocenters. The Morgan fingerprint density at radius 3 is 3.09 bits per heavy atom. The van der Waals surface area contributed by atoms with Crippen molar-refractivity contribution in [3.05, 3.63) is 18.0 Å². The van der Waals surface area contributed by atoms with E-state index in [0.717, 1.165) is 39.1 Å². The monoisotopic (exact) mass is 322 g/mol. The molecule has 3 rings (SSSR count). The van der Waals surface area contributed by atoms with Crippen LogP contribution in [0, 0.1) is 0 Å². The lowest BCUT2D eigenvalue weighted by Crippen LogP contribution is -2.46. The van der Waals surface area contributed by atoms with Gasteiger partial charge in [0.25, 0.3) is 0 Å². The topological polar surface area (TPSA) is 68.6 Å². The Hall–Kier alpha value is -1.44. The molecule has 1 aromatic rings. The highest BCUT2D eigenvalue weighted by Gasteiger charge is 2.31. The number of nitrogens with zero attached hydrogens (tertiary/aromatic N) is 3. The van der Waals surface area contributed by atoms with Crippen molar-refractivity contribution in [2.24, 2.45) is 0 Å². The highest BCUT2D eigenvalue weighted by Crippen LogP contribution is 2.27. The molecule has 1 fully saturated rings. The number of ether oxygens (including phenoxy) is 2. The van der Waals surface area contributed by atoms with Gasteiger partial charge in [0.15, 0.2) is 0 Å². The molecule has 0 bridgehead atoms. The molecular weight excluding hydrogens is 296 g/mol. The van der Waals surface area contributed by atoms with Gasteiger partial charge in [-0.15, -0.1) is 0 Å². The van der Waals surface area contributed by atoms with Crippen LogP contribution in [0.15, 0.2) is 12.3 Å². The van der Waals surface area contributed by atoms with Gasteiger partial charge in [0.1, 0.15) is 0 Å². The van der Waals surface area contributed by atoms with Gasteiger partial charge < -0.3 is 14.8 Å². The van der Waals surface area contributed by atoms with Crippen LogP contribution in [-0.2, 0) is 20.8 Å². The molecule has 23 heavy (non-hydrogen) atoms. The Labute approximate surface area is 136 Å². The first kappa shape index (κ1) is 16.4. The molecule has 128 valence electrons. The standard InChI is InChI=1S/C16H26N4O3/c1-22-9-6-17-16(21)10-15-12-19(13-3-7-23-8-4-13)11-14-2-5-18-20(14)15/h2,5,13,15H,3-4,6-12H2,1H3,(H,17,21). The van der Waals surface area contributed by atoms with Crippen molar-refractivity contribution in [1.29, 1.82) is 0 Å². The zero-order valence-electron chi connectivity index (χ0n) is 13.7. The Morgan fingerprint density at radius 1 is 1.48 bits per heavy atom. The minimum atomic E-state index is 0.0577. The first-order valence-electron chi connectivity index (χ1n) is 8.37. The Bertz CT molecular complexity index is 513. The lowest BCUT2D eigenvalue weighted by Gasteiger charge is -2.40. The third kappa shape index (κ3) is 4.10. The molecule has 0 saturated carbocycles. The molecule has 1 N–H and O–H groups in total. The largest absolute Gasteiger partial charge is 0.383 e. The third-order valence-electron chi connectivity index (χ3n) is 4.67. The third-order valence-corrected chi connectivity index (χ3v) is 4.67. The van der Waals surface area contributed by atoms with Crippen LogP contribution in [0.3, 0.4) is 0 Å². The molecule has 1 amide bonds. The SMILES string of the molecule is COCCNC(=O)CC1CN(C2CCOCC2)Cc2ccnn21. The minimum Gasteiger partial charge on any atom is -0.383 e. The summed E-state index contributed by atoms with van der Waals surface area (Å²) in [6, 6.07) is 2.70. The first-order valence-corrected chi connectivity index (χ1v) is 8.37. The average molecular weight is 322 g/mol. The van der Waals surface area contributed by atoms with Crippen LogP contribution in [0.4, 0.5) is 0 Å². The second-order valence-corrected chi connectivity index (χ2v) is 6.24. The van der Waals surface area contributed by atoms with Crippen LogP contribution >= 0.6 is 0 Å². The summed E-state index contributed by atoms with van der Waals surface area (Å²) < 4.78 is 12.5. The van der Waals surface area contributed by atoms with Crippen molar-refractivity contribution in [3.8, 4) is 0 Å². The number of fused-ring (bicyclic) bond motifs is 1. The van der Waals surface area contributed by atoms with Crippen LogP contribution in [0.25, 0.3) is 0 Å². The maximum Gasteiger partial charge on any atom is 0.222 e. The Balaban J connectivity index is 1.63. The smallest absolute Gasteiger partial charge is 0.222 e. The highest BCUT2D eigenvalue weighted by molar-refractivity contribution is 5.76. The zero-order valence-corrected chi connectivity index (χ0v) is 13.7. The van der Waals surface area contributed by atoms with Gasteiger partial charge >= 0.3 is 0 Å². The summed E-state index contributed by atoms with van der Waals surface area (Å²) in [5.74, 6) is 0.0577. The van der Waals surface area contributed by atoms with Crippen molar-refractivity contribution in [3.63, 3.8) is 0 Å². The van der Waals surface area contributed by atoms with Crippen LogP contribution in [-0.4, -0.2) is 66.6 Å². The molecule has 1 saturated heterocycles. The summed E-state index contributed by atoms with van der Waals surface area (Å²) in [6.45, 7) is 4.55. The number of carbonyl (C=O) groups is 1. The normalized spacial score (nSPS) is 22.7. The molecule has 7 heteroatoms. The van der Waals surface area contributed by atoms with Crippen LogP contribution in [0.5, 0.6) is 0 Å². The number of amides is 1. The number of rotatable bonds is 6. The maximum atomic E-state index is 12.2. The van der Waals surface area contributed by atoms with Crippen LogP contribution in [0.1, 0.15) is 31.0 Å². The van der Waals surface area contributed by atoms with E-state index in [4.69, 9.17) is 9.47 Å². The van der Waals surface area contributed by atoms with E-state index < -0.39 is 0 Å².